The summed E-state index contributed by atoms with van der Waals surface area (Å²) in [4.78, 5) is 26.6. The first-order valence-corrected chi connectivity index (χ1v) is 9.63. The molecule has 2 amide bonds. The molecule has 2 aromatic rings. The largest absolute Gasteiger partial charge is 0.497 e. The van der Waals surface area contributed by atoms with Crippen molar-refractivity contribution in [1.29, 1.82) is 0 Å². The topological polar surface area (TPSA) is 58.6 Å². The van der Waals surface area contributed by atoms with Gasteiger partial charge in [0.05, 0.1) is 12.0 Å². The van der Waals surface area contributed by atoms with E-state index in [1.54, 1.807) is 13.2 Å². The molecule has 1 fully saturated rings. The van der Waals surface area contributed by atoms with Crippen molar-refractivity contribution in [2.24, 2.45) is 0 Å². The Kier molecular flexibility index (Phi) is 6.43. The monoisotopic (exact) mass is 416 g/mol. The molecule has 1 heterocycles. The average molecular weight is 416 g/mol. The number of amides is 2. The number of benzene rings is 2. The second kappa shape index (κ2) is 8.99. The third-order valence-corrected chi connectivity index (χ3v) is 5.35. The van der Waals surface area contributed by atoms with Crippen LogP contribution in [0.1, 0.15) is 15.9 Å². The Morgan fingerprint density at radius 2 is 2.07 bits per heavy atom. The number of carbonyl (C=O) groups is 2. The van der Waals surface area contributed by atoms with E-state index in [-0.39, 0.29) is 24.6 Å². The molecule has 1 aliphatic heterocycles. The van der Waals surface area contributed by atoms with Crippen molar-refractivity contribution in [3.63, 3.8) is 0 Å². The van der Waals surface area contributed by atoms with Crippen LogP contribution in [-0.4, -0.2) is 41.2 Å². The maximum absolute atomic E-state index is 13.2. The van der Waals surface area contributed by atoms with Gasteiger partial charge in [0.2, 0.25) is 0 Å². The van der Waals surface area contributed by atoms with Crippen LogP contribution in [0.3, 0.4) is 0 Å². The van der Waals surface area contributed by atoms with Crippen LogP contribution in [0.5, 0.6) is 5.75 Å². The van der Waals surface area contributed by atoms with Gasteiger partial charge < -0.3 is 10.1 Å². The minimum absolute atomic E-state index is 0.203. The first kappa shape index (κ1) is 20.0. The fraction of sp³-hybridized carbons (Fsp3) is 0.150. The Balaban J connectivity index is 1.60. The highest BCUT2D eigenvalue weighted by Gasteiger charge is 2.31. The Labute approximate surface area is 171 Å². The van der Waals surface area contributed by atoms with E-state index in [2.05, 4.69) is 5.32 Å². The van der Waals surface area contributed by atoms with Crippen LogP contribution in [-0.2, 0) is 4.79 Å². The Morgan fingerprint density at radius 1 is 1.29 bits per heavy atom. The summed E-state index contributed by atoms with van der Waals surface area (Å²) in [6.45, 7) is 0.440. The quantitative estimate of drug-likeness (QED) is 0.577. The number of ether oxygens (including phenoxy) is 1. The van der Waals surface area contributed by atoms with E-state index in [9.17, 15) is 14.0 Å². The Morgan fingerprint density at radius 3 is 2.82 bits per heavy atom. The van der Waals surface area contributed by atoms with Crippen LogP contribution < -0.4 is 10.1 Å². The molecule has 0 atom stereocenters. The molecule has 3 rings (SSSR count). The highest BCUT2D eigenvalue weighted by atomic mass is 32.2. The van der Waals surface area contributed by atoms with Gasteiger partial charge in [-0.05, 0) is 42.0 Å². The molecular formula is C20H17FN2O3S2. The fourth-order valence-corrected chi connectivity index (χ4v) is 3.90. The summed E-state index contributed by atoms with van der Waals surface area (Å²) in [5, 5.41) is 2.67. The van der Waals surface area contributed by atoms with Crippen LogP contribution >= 0.6 is 24.0 Å². The number of nitrogens with one attached hydrogen (secondary N) is 1. The van der Waals surface area contributed by atoms with Crippen molar-refractivity contribution in [2.45, 2.75) is 0 Å². The van der Waals surface area contributed by atoms with Crippen LogP contribution in [0.25, 0.3) is 6.08 Å². The lowest BCUT2D eigenvalue weighted by Gasteiger charge is -2.14. The van der Waals surface area contributed by atoms with Crippen LogP contribution in [0.15, 0.2) is 53.4 Å². The summed E-state index contributed by atoms with van der Waals surface area (Å²) in [7, 11) is 1.58. The smallest absolute Gasteiger partial charge is 0.266 e. The van der Waals surface area contributed by atoms with Gasteiger partial charge in [0.1, 0.15) is 15.9 Å². The summed E-state index contributed by atoms with van der Waals surface area (Å²) >= 11 is 6.50. The van der Waals surface area contributed by atoms with E-state index in [1.165, 1.54) is 34.9 Å². The van der Waals surface area contributed by atoms with Crippen molar-refractivity contribution in [3.8, 4) is 5.75 Å². The molecule has 0 radical (unpaired) electrons. The van der Waals surface area contributed by atoms with Crippen molar-refractivity contribution in [2.75, 3.05) is 20.2 Å². The van der Waals surface area contributed by atoms with Gasteiger partial charge in [0.15, 0.2) is 0 Å². The molecule has 1 saturated heterocycles. The molecule has 0 spiro atoms. The van der Waals surface area contributed by atoms with Gasteiger partial charge in [-0.1, -0.05) is 42.2 Å². The van der Waals surface area contributed by atoms with Gasteiger partial charge in [0, 0.05) is 18.7 Å². The van der Waals surface area contributed by atoms with Gasteiger partial charge >= 0.3 is 0 Å². The molecule has 0 unspecified atom stereocenters. The third kappa shape index (κ3) is 4.76. The Bertz CT molecular complexity index is 962. The van der Waals surface area contributed by atoms with E-state index < -0.39 is 11.7 Å². The second-order valence-electron chi connectivity index (χ2n) is 5.88. The van der Waals surface area contributed by atoms with Gasteiger partial charge in [-0.15, -0.1) is 0 Å². The molecule has 0 bridgehead atoms. The normalized spacial score (nSPS) is 15.2. The molecule has 2 aromatic carbocycles. The number of carbonyl (C=O) groups excluding carboxylic acids is 2. The number of halogens is 1. The van der Waals surface area contributed by atoms with Gasteiger partial charge in [0.25, 0.3) is 11.8 Å². The first-order valence-electron chi connectivity index (χ1n) is 8.41. The minimum atomic E-state index is -0.479. The summed E-state index contributed by atoms with van der Waals surface area (Å²) in [5.41, 5.74) is 1.06. The lowest BCUT2D eigenvalue weighted by Crippen LogP contribution is -2.37. The molecule has 0 aliphatic carbocycles. The Hall–Kier alpha value is -2.71. The SMILES string of the molecule is COc1cccc(/C=C2/SC(=S)N(CCNC(=O)c3cccc(F)c3)C2=O)c1. The average Bonchev–Trinajstić information content (AvgIpc) is 2.95. The molecule has 5 nitrogen and oxygen atoms in total. The van der Waals surface area contributed by atoms with Crippen LogP contribution in [0, 0.1) is 5.82 Å². The van der Waals surface area contributed by atoms with E-state index in [0.717, 1.165) is 11.6 Å². The number of hydrogen-bond donors (Lipinski definition) is 1. The zero-order valence-electron chi connectivity index (χ0n) is 15.0. The molecule has 1 N–H and O–H groups in total. The summed E-state index contributed by atoms with van der Waals surface area (Å²) in [6, 6.07) is 12.8. The lowest BCUT2D eigenvalue weighted by molar-refractivity contribution is -0.122. The maximum Gasteiger partial charge on any atom is 0.266 e. The first-order chi connectivity index (χ1) is 13.5. The summed E-state index contributed by atoms with van der Waals surface area (Å²) < 4.78 is 18.8. The number of rotatable bonds is 6. The van der Waals surface area contributed by atoms with E-state index in [0.29, 0.717) is 15.0 Å². The molecule has 0 aromatic heterocycles. The van der Waals surface area contributed by atoms with Gasteiger partial charge in [-0.3, -0.25) is 14.5 Å². The summed E-state index contributed by atoms with van der Waals surface area (Å²) in [6.07, 6.45) is 1.76. The molecule has 1 aliphatic rings. The number of hydrogen-bond acceptors (Lipinski definition) is 5. The summed E-state index contributed by atoms with van der Waals surface area (Å²) in [5.74, 6) is -0.397. The van der Waals surface area contributed by atoms with Crippen LogP contribution in [0.4, 0.5) is 4.39 Å². The minimum Gasteiger partial charge on any atom is -0.497 e. The zero-order chi connectivity index (χ0) is 20.1. The highest BCUT2D eigenvalue weighted by molar-refractivity contribution is 8.26. The highest BCUT2D eigenvalue weighted by Crippen LogP contribution is 2.32. The van der Waals surface area contributed by atoms with E-state index >= 15 is 0 Å². The number of nitrogens with zero attached hydrogens (tertiary/aromatic N) is 1. The van der Waals surface area contributed by atoms with Crippen LogP contribution in [0.2, 0.25) is 0 Å². The van der Waals surface area contributed by atoms with Gasteiger partial charge in [-0.2, -0.15) is 0 Å². The predicted octanol–water partition coefficient (Wildman–Crippen LogP) is 3.47. The van der Waals surface area contributed by atoms with Gasteiger partial charge in [-0.25, -0.2) is 4.39 Å². The molecule has 8 heteroatoms. The molecule has 28 heavy (non-hydrogen) atoms. The second-order valence-corrected chi connectivity index (χ2v) is 7.55. The lowest BCUT2D eigenvalue weighted by atomic mass is 10.2. The zero-order valence-corrected chi connectivity index (χ0v) is 16.6. The number of thioether (sulfide) groups is 1. The van der Waals surface area contributed by atoms with Crippen molar-refractivity contribution >= 4 is 46.2 Å². The molecular weight excluding hydrogens is 399 g/mol. The standard InChI is InChI=1S/C20H17FN2O3S2/c1-26-16-7-2-4-13(10-16)11-17-19(25)23(20(27)28-17)9-8-22-18(24)14-5-3-6-15(21)12-14/h2-7,10-12H,8-9H2,1H3,(H,22,24)/b17-11+. The predicted molar refractivity (Wildman–Crippen MR) is 112 cm³/mol. The van der Waals surface area contributed by atoms with E-state index in [1.807, 2.05) is 24.3 Å². The van der Waals surface area contributed by atoms with Crippen molar-refractivity contribution < 1.29 is 18.7 Å². The number of methoxy groups -OCH3 is 1. The maximum atomic E-state index is 13.2. The van der Waals surface area contributed by atoms with Crippen molar-refractivity contribution in [1.82, 2.24) is 10.2 Å². The third-order valence-electron chi connectivity index (χ3n) is 3.97. The van der Waals surface area contributed by atoms with E-state index in [4.69, 9.17) is 17.0 Å². The molecule has 144 valence electrons. The fourth-order valence-electron chi connectivity index (χ4n) is 2.59. The molecule has 0 saturated carbocycles. The van der Waals surface area contributed by atoms with Crippen molar-refractivity contribution in [3.05, 3.63) is 70.4 Å². The number of thiocarbonyl (C=S) groups is 1.